The molecule has 0 heterocycles. The molecular weight excluding hydrogens is 899 g/mol. The van der Waals surface area contributed by atoms with Gasteiger partial charge in [0.05, 0.1) is 40.3 Å². The minimum absolute atomic E-state index is 0.148. The molecule has 0 bridgehead atoms. The standard InChI is InChI=1S/C63H113NO8/c1-6-8-10-12-14-16-18-20-22-24-26-27-28-29-30-31-32-33-34-35-36-38-40-42-44-46-48-50-52-54-61(66)72-59(58-71-63(62(67)68)69-56-55-64(3,4)5)57-70-60(65)53-51-49-47-45-43-41-39-37-25-23-21-19-17-15-13-11-9-7-2/h8,10,14,16,20,22,26-27,29-30,59,63H,6-7,9,11-13,15,17-19,21,23-25,28,31-58H2,1-5H3/b10-8-,16-14-,22-20-,27-26-,30-29-. The van der Waals surface area contributed by atoms with Crippen LogP contribution in [0.1, 0.15) is 264 Å². The maximum Gasteiger partial charge on any atom is 0.306 e. The van der Waals surface area contributed by atoms with Crippen molar-refractivity contribution in [3.63, 3.8) is 0 Å². The maximum absolute atomic E-state index is 12.9. The van der Waals surface area contributed by atoms with Crippen molar-refractivity contribution in [2.24, 2.45) is 0 Å². The van der Waals surface area contributed by atoms with Gasteiger partial charge in [0.25, 0.3) is 0 Å². The summed E-state index contributed by atoms with van der Waals surface area (Å²) in [7, 11) is 5.93. The highest BCUT2D eigenvalue weighted by molar-refractivity contribution is 5.70. The number of allylic oxidation sites excluding steroid dienone is 10. The molecule has 418 valence electrons. The zero-order valence-corrected chi connectivity index (χ0v) is 47.5. The Labute approximate surface area is 444 Å². The fraction of sp³-hybridized carbons (Fsp3) is 0.794. The van der Waals surface area contributed by atoms with Crippen LogP contribution in [0.25, 0.3) is 0 Å². The Morgan fingerprint density at radius 3 is 1.18 bits per heavy atom. The van der Waals surface area contributed by atoms with Crippen molar-refractivity contribution in [2.75, 3.05) is 47.5 Å². The van der Waals surface area contributed by atoms with Crippen molar-refractivity contribution >= 4 is 17.9 Å². The van der Waals surface area contributed by atoms with E-state index in [1.807, 2.05) is 21.1 Å². The Hall–Kier alpha value is -3.01. The zero-order chi connectivity index (χ0) is 52.7. The third kappa shape index (κ3) is 54.8. The van der Waals surface area contributed by atoms with Crippen molar-refractivity contribution in [1.29, 1.82) is 0 Å². The fourth-order valence-electron chi connectivity index (χ4n) is 8.45. The van der Waals surface area contributed by atoms with E-state index < -0.39 is 24.3 Å². The number of unbranched alkanes of at least 4 members (excludes halogenated alkanes) is 30. The number of quaternary nitrogens is 1. The van der Waals surface area contributed by atoms with Crippen LogP contribution >= 0.6 is 0 Å². The quantitative estimate of drug-likeness (QED) is 0.0195. The van der Waals surface area contributed by atoms with E-state index in [-0.39, 0.29) is 32.2 Å². The van der Waals surface area contributed by atoms with Crippen LogP contribution in [0.3, 0.4) is 0 Å². The lowest BCUT2D eigenvalue weighted by atomic mass is 10.0. The number of ether oxygens (including phenoxy) is 4. The van der Waals surface area contributed by atoms with Crippen LogP contribution in [-0.2, 0) is 33.3 Å². The van der Waals surface area contributed by atoms with Gasteiger partial charge in [0, 0.05) is 12.8 Å². The molecule has 2 atom stereocenters. The van der Waals surface area contributed by atoms with Crippen LogP contribution in [-0.4, -0.2) is 82.3 Å². The Morgan fingerprint density at radius 2 is 0.792 bits per heavy atom. The Bertz CT molecular complexity index is 1360. The molecule has 0 aromatic carbocycles. The lowest BCUT2D eigenvalue weighted by molar-refractivity contribution is -0.870. The summed E-state index contributed by atoms with van der Waals surface area (Å²) in [6, 6.07) is 0. The third-order valence-corrected chi connectivity index (χ3v) is 13.0. The molecule has 0 rings (SSSR count). The lowest BCUT2D eigenvalue weighted by Gasteiger charge is -2.26. The average Bonchev–Trinajstić information content (AvgIpc) is 3.35. The first-order valence-corrected chi connectivity index (χ1v) is 29.9. The number of hydrogen-bond acceptors (Lipinski definition) is 8. The van der Waals surface area contributed by atoms with Crippen molar-refractivity contribution in [3.8, 4) is 0 Å². The van der Waals surface area contributed by atoms with E-state index in [2.05, 4.69) is 74.6 Å². The predicted octanol–water partition coefficient (Wildman–Crippen LogP) is 16.3. The number of carboxylic acids is 1. The molecule has 0 aliphatic carbocycles. The number of esters is 2. The van der Waals surface area contributed by atoms with Crippen molar-refractivity contribution in [3.05, 3.63) is 60.8 Å². The van der Waals surface area contributed by atoms with E-state index in [0.29, 0.717) is 23.9 Å². The Morgan fingerprint density at radius 1 is 0.431 bits per heavy atom. The molecule has 72 heavy (non-hydrogen) atoms. The Kier molecular flexibility index (Phi) is 52.0. The number of nitrogens with zero attached hydrogens (tertiary/aromatic N) is 1. The summed E-state index contributed by atoms with van der Waals surface area (Å²) in [5.74, 6) is -2.27. The molecule has 2 unspecified atom stereocenters. The largest absolute Gasteiger partial charge is 0.545 e. The van der Waals surface area contributed by atoms with Crippen LogP contribution in [0.5, 0.6) is 0 Å². The topological polar surface area (TPSA) is 111 Å². The van der Waals surface area contributed by atoms with Crippen molar-refractivity contribution < 1.29 is 42.9 Å². The Balaban J connectivity index is 4.19. The maximum atomic E-state index is 12.9. The summed E-state index contributed by atoms with van der Waals surface area (Å²) < 4.78 is 22.7. The van der Waals surface area contributed by atoms with Gasteiger partial charge in [0.2, 0.25) is 0 Å². The second-order valence-corrected chi connectivity index (χ2v) is 21.3. The molecule has 0 amide bonds. The minimum Gasteiger partial charge on any atom is -0.545 e. The molecule has 0 radical (unpaired) electrons. The van der Waals surface area contributed by atoms with Gasteiger partial charge in [0.1, 0.15) is 13.2 Å². The summed E-state index contributed by atoms with van der Waals surface area (Å²) in [6.45, 7) is 4.67. The molecule has 0 saturated carbocycles. The van der Waals surface area contributed by atoms with E-state index in [0.717, 1.165) is 70.6 Å². The zero-order valence-electron chi connectivity index (χ0n) is 47.5. The summed E-state index contributed by atoms with van der Waals surface area (Å²) in [5, 5.41) is 11.8. The van der Waals surface area contributed by atoms with Gasteiger partial charge in [-0.3, -0.25) is 9.59 Å². The van der Waals surface area contributed by atoms with E-state index in [1.54, 1.807) is 0 Å². The van der Waals surface area contributed by atoms with E-state index in [4.69, 9.17) is 18.9 Å². The molecule has 0 aliphatic heterocycles. The van der Waals surface area contributed by atoms with Gasteiger partial charge in [-0.1, -0.05) is 254 Å². The summed E-state index contributed by atoms with van der Waals surface area (Å²) in [6.07, 6.45) is 65.5. The molecule has 0 saturated heterocycles. The van der Waals surface area contributed by atoms with Gasteiger partial charge < -0.3 is 33.3 Å². The van der Waals surface area contributed by atoms with Gasteiger partial charge in [-0.05, 0) is 57.8 Å². The number of hydrogen-bond donors (Lipinski definition) is 0. The molecule has 0 N–H and O–H groups in total. The molecule has 0 fully saturated rings. The van der Waals surface area contributed by atoms with Gasteiger partial charge in [0.15, 0.2) is 12.4 Å². The highest BCUT2D eigenvalue weighted by Crippen LogP contribution is 2.17. The smallest absolute Gasteiger partial charge is 0.306 e. The molecule has 0 spiro atoms. The first-order chi connectivity index (χ1) is 35.1. The first-order valence-electron chi connectivity index (χ1n) is 29.9. The van der Waals surface area contributed by atoms with E-state index in [9.17, 15) is 19.5 Å². The molecule has 0 aromatic rings. The second kappa shape index (κ2) is 54.3. The van der Waals surface area contributed by atoms with E-state index >= 15 is 0 Å². The second-order valence-electron chi connectivity index (χ2n) is 21.3. The molecule has 0 aromatic heterocycles. The highest BCUT2D eigenvalue weighted by atomic mass is 16.7. The molecular formula is C63H113NO8. The minimum atomic E-state index is -1.62. The fourth-order valence-corrected chi connectivity index (χ4v) is 8.45. The van der Waals surface area contributed by atoms with E-state index in [1.165, 1.54) is 161 Å². The van der Waals surface area contributed by atoms with Gasteiger partial charge in [-0.2, -0.15) is 0 Å². The number of rotatable bonds is 55. The number of carbonyl (C=O) groups is 3. The average molecular weight is 1010 g/mol. The highest BCUT2D eigenvalue weighted by Gasteiger charge is 2.22. The van der Waals surface area contributed by atoms with Crippen LogP contribution in [0.15, 0.2) is 60.8 Å². The predicted molar refractivity (Wildman–Crippen MR) is 302 cm³/mol. The molecule has 9 heteroatoms. The van der Waals surface area contributed by atoms with Crippen molar-refractivity contribution in [1.82, 2.24) is 0 Å². The van der Waals surface area contributed by atoms with Gasteiger partial charge in [-0.15, -0.1) is 0 Å². The first kappa shape index (κ1) is 69.0. The number of aliphatic carboxylic acids is 1. The van der Waals surface area contributed by atoms with Crippen LogP contribution in [0.2, 0.25) is 0 Å². The van der Waals surface area contributed by atoms with Gasteiger partial charge >= 0.3 is 11.9 Å². The molecule has 0 aliphatic rings. The third-order valence-electron chi connectivity index (χ3n) is 13.0. The lowest BCUT2D eigenvalue weighted by Crippen LogP contribution is -2.44. The number of carbonyl (C=O) groups excluding carboxylic acids is 3. The van der Waals surface area contributed by atoms with Crippen molar-refractivity contribution in [2.45, 2.75) is 277 Å². The van der Waals surface area contributed by atoms with Gasteiger partial charge in [-0.25, -0.2) is 0 Å². The monoisotopic (exact) mass is 1010 g/mol. The summed E-state index contributed by atoms with van der Waals surface area (Å²) >= 11 is 0. The SMILES string of the molecule is CC/C=C\C/C=C\C/C=C\C/C=C\C/C=C\CCCCCCCCCCCCCCCC(=O)OC(COC(=O)CCCCCCCCCCCCCCCCCCCC)COC(OCC[N+](C)(C)C)C(=O)[O-]. The van der Waals surface area contributed by atoms with Crippen LogP contribution < -0.4 is 5.11 Å². The molecule has 9 nitrogen and oxygen atoms in total. The van der Waals surface area contributed by atoms with Crippen LogP contribution in [0, 0.1) is 0 Å². The number of likely N-dealkylation sites (N-methyl/N-ethyl adjacent to an activating group) is 1. The van der Waals surface area contributed by atoms with Crippen LogP contribution in [0.4, 0.5) is 0 Å². The summed E-state index contributed by atoms with van der Waals surface area (Å²) in [4.78, 5) is 37.3. The normalized spacial score (nSPS) is 13.2. The summed E-state index contributed by atoms with van der Waals surface area (Å²) in [5.41, 5.74) is 0. The number of carboxylic acid groups (broad SMARTS) is 1.